The maximum atomic E-state index is 12.3. The van der Waals surface area contributed by atoms with Crippen molar-refractivity contribution in [2.75, 3.05) is 36.4 Å². The van der Waals surface area contributed by atoms with Crippen LogP contribution >= 0.6 is 0 Å². The summed E-state index contributed by atoms with van der Waals surface area (Å²) in [5, 5.41) is 6.15. The fourth-order valence-corrected chi connectivity index (χ4v) is 3.83. The van der Waals surface area contributed by atoms with E-state index in [2.05, 4.69) is 62.9 Å². The summed E-state index contributed by atoms with van der Waals surface area (Å²) in [6.45, 7) is 7.42. The molecule has 2 aromatic carbocycles. The van der Waals surface area contributed by atoms with Gasteiger partial charge in [0.25, 0.3) is 0 Å². The third-order valence-corrected chi connectivity index (χ3v) is 5.65. The van der Waals surface area contributed by atoms with Crippen LogP contribution in [0.4, 0.5) is 11.4 Å². The molecule has 1 saturated heterocycles. The molecule has 2 heterocycles. The summed E-state index contributed by atoms with van der Waals surface area (Å²) in [6.07, 6.45) is 1.61. The number of amides is 1. The fourth-order valence-electron chi connectivity index (χ4n) is 3.83. The quantitative estimate of drug-likeness (QED) is 0.584. The van der Waals surface area contributed by atoms with Crippen molar-refractivity contribution in [3.05, 3.63) is 84.3 Å². The Bertz CT molecular complexity index is 933. The minimum Gasteiger partial charge on any atom is -0.467 e. The van der Waals surface area contributed by atoms with Gasteiger partial charge in [0.15, 0.2) is 0 Å². The lowest BCUT2D eigenvalue weighted by Gasteiger charge is -2.36. The van der Waals surface area contributed by atoms with Crippen molar-refractivity contribution >= 4 is 17.3 Å². The lowest BCUT2D eigenvalue weighted by Crippen LogP contribution is -2.45. The largest absolute Gasteiger partial charge is 0.467 e. The van der Waals surface area contributed by atoms with Crippen LogP contribution in [0.5, 0.6) is 0 Å². The number of anilines is 2. The van der Waals surface area contributed by atoms with Gasteiger partial charge in [-0.15, -0.1) is 0 Å². The molecule has 0 aliphatic carbocycles. The average molecular weight is 419 g/mol. The number of carbonyl (C=O) groups excluding carboxylic acids is 1. The smallest absolute Gasteiger partial charge is 0.242 e. The first-order chi connectivity index (χ1) is 15.2. The molecule has 1 amide bonds. The molecule has 6 heteroatoms. The first kappa shape index (κ1) is 21.0. The Morgan fingerprint density at radius 3 is 2.39 bits per heavy atom. The minimum absolute atomic E-state index is 0.0602. The van der Waals surface area contributed by atoms with Crippen molar-refractivity contribution < 1.29 is 9.21 Å². The zero-order valence-electron chi connectivity index (χ0n) is 18.0. The number of benzene rings is 2. The number of carbonyl (C=O) groups is 1. The number of nitrogens with one attached hydrogen (secondary N) is 2. The van der Waals surface area contributed by atoms with Crippen LogP contribution in [-0.2, 0) is 17.9 Å². The first-order valence-electron chi connectivity index (χ1n) is 10.9. The summed E-state index contributed by atoms with van der Waals surface area (Å²) in [5.74, 6) is 0.684. The van der Waals surface area contributed by atoms with E-state index in [0.29, 0.717) is 6.54 Å². The van der Waals surface area contributed by atoms with Gasteiger partial charge in [-0.05, 0) is 48.9 Å². The second-order valence-electron chi connectivity index (χ2n) is 7.96. The van der Waals surface area contributed by atoms with E-state index in [9.17, 15) is 4.79 Å². The number of furan rings is 1. The molecular formula is C25H30N4O2. The molecule has 1 aromatic heterocycles. The number of piperazine rings is 1. The molecule has 2 N–H and O–H groups in total. The summed E-state index contributed by atoms with van der Waals surface area (Å²) in [5.41, 5.74) is 3.53. The van der Waals surface area contributed by atoms with Gasteiger partial charge in [0.2, 0.25) is 5.91 Å². The Morgan fingerprint density at radius 1 is 0.968 bits per heavy atom. The van der Waals surface area contributed by atoms with Crippen LogP contribution in [-0.4, -0.2) is 43.0 Å². The van der Waals surface area contributed by atoms with Gasteiger partial charge in [-0.1, -0.05) is 30.3 Å². The number of hydrogen-bond acceptors (Lipinski definition) is 5. The summed E-state index contributed by atoms with van der Waals surface area (Å²) < 4.78 is 5.25. The zero-order chi connectivity index (χ0) is 21.5. The Balaban J connectivity index is 1.23. The molecule has 1 fully saturated rings. The van der Waals surface area contributed by atoms with Gasteiger partial charge in [0.1, 0.15) is 11.8 Å². The maximum Gasteiger partial charge on any atom is 0.242 e. The van der Waals surface area contributed by atoms with Gasteiger partial charge in [0.05, 0.1) is 12.8 Å². The van der Waals surface area contributed by atoms with Crippen LogP contribution in [0.15, 0.2) is 77.4 Å². The standard InChI is InChI=1S/C25H30N4O2/c1-20(25(30)26-18-24-8-5-17-31-24)27-22-9-11-23(12-10-22)29-15-13-28(14-16-29)19-21-6-3-2-4-7-21/h2-12,17,20,27H,13-16,18-19H2,1H3,(H,26,30)/t20-/m0/s1. The van der Waals surface area contributed by atoms with Crippen LogP contribution < -0.4 is 15.5 Å². The Kier molecular flexibility index (Phi) is 6.89. The molecule has 3 aromatic rings. The molecule has 1 atom stereocenters. The molecule has 162 valence electrons. The summed E-state index contributed by atoms with van der Waals surface area (Å²) in [6, 6.07) is 22.3. The summed E-state index contributed by atoms with van der Waals surface area (Å²) in [4.78, 5) is 17.2. The summed E-state index contributed by atoms with van der Waals surface area (Å²) in [7, 11) is 0. The van der Waals surface area contributed by atoms with Crippen molar-refractivity contribution in [2.45, 2.75) is 26.1 Å². The van der Waals surface area contributed by atoms with Crippen LogP contribution in [0.2, 0.25) is 0 Å². The maximum absolute atomic E-state index is 12.3. The normalized spacial score (nSPS) is 15.5. The fraction of sp³-hybridized carbons (Fsp3) is 0.320. The Labute approximate surface area is 183 Å². The van der Waals surface area contributed by atoms with Crippen molar-refractivity contribution in [3.8, 4) is 0 Å². The highest BCUT2D eigenvalue weighted by Gasteiger charge is 2.18. The van der Waals surface area contributed by atoms with Crippen molar-refractivity contribution in [2.24, 2.45) is 0 Å². The van der Waals surface area contributed by atoms with Crippen LogP contribution in [0, 0.1) is 0 Å². The third kappa shape index (κ3) is 5.89. The average Bonchev–Trinajstić information content (AvgIpc) is 3.33. The van der Waals surface area contributed by atoms with E-state index in [1.807, 2.05) is 31.2 Å². The van der Waals surface area contributed by atoms with E-state index in [4.69, 9.17) is 4.42 Å². The molecule has 0 radical (unpaired) electrons. The Morgan fingerprint density at radius 2 is 1.71 bits per heavy atom. The number of rotatable bonds is 8. The molecule has 4 rings (SSSR count). The van der Waals surface area contributed by atoms with E-state index < -0.39 is 0 Å². The van der Waals surface area contributed by atoms with Gasteiger partial charge < -0.3 is 20.0 Å². The first-order valence-corrected chi connectivity index (χ1v) is 10.9. The van der Waals surface area contributed by atoms with E-state index in [1.54, 1.807) is 6.26 Å². The predicted molar refractivity (Wildman–Crippen MR) is 124 cm³/mol. The van der Waals surface area contributed by atoms with Gasteiger partial charge >= 0.3 is 0 Å². The van der Waals surface area contributed by atoms with Gasteiger partial charge in [-0.3, -0.25) is 9.69 Å². The molecular weight excluding hydrogens is 388 g/mol. The summed E-state index contributed by atoms with van der Waals surface area (Å²) >= 11 is 0. The topological polar surface area (TPSA) is 60.8 Å². The molecule has 6 nitrogen and oxygen atoms in total. The Hall–Kier alpha value is -3.25. The molecule has 0 unspecified atom stereocenters. The molecule has 1 aliphatic heterocycles. The SMILES string of the molecule is C[C@H](Nc1ccc(N2CCN(Cc3ccccc3)CC2)cc1)C(=O)NCc1ccco1. The van der Waals surface area contributed by atoms with E-state index in [-0.39, 0.29) is 11.9 Å². The number of hydrogen-bond donors (Lipinski definition) is 2. The molecule has 0 bridgehead atoms. The van der Waals surface area contributed by atoms with E-state index in [1.165, 1.54) is 11.3 Å². The second kappa shape index (κ2) is 10.2. The number of nitrogens with zero attached hydrogens (tertiary/aromatic N) is 2. The van der Waals surface area contributed by atoms with Crippen LogP contribution in [0.1, 0.15) is 18.2 Å². The highest BCUT2D eigenvalue weighted by Crippen LogP contribution is 2.20. The van der Waals surface area contributed by atoms with Gasteiger partial charge in [0, 0.05) is 44.1 Å². The molecule has 31 heavy (non-hydrogen) atoms. The molecule has 0 spiro atoms. The monoisotopic (exact) mass is 418 g/mol. The van der Waals surface area contributed by atoms with Gasteiger partial charge in [-0.2, -0.15) is 0 Å². The predicted octanol–water partition coefficient (Wildman–Crippen LogP) is 3.72. The van der Waals surface area contributed by atoms with E-state index >= 15 is 0 Å². The zero-order valence-corrected chi connectivity index (χ0v) is 18.0. The van der Waals surface area contributed by atoms with E-state index in [0.717, 1.165) is 44.2 Å². The van der Waals surface area contributed by atoms with Crippen molar-refractivity contribution in [3.63, 3.8) is 0 Å². The highest BCUT2D eigenvalue weighted by atomic mass is 16.3. The lowest BCUT2D eigenvalue weighted by molar-refractivity contribution is -0.121. The third-order valence-electron chi connectivity index (χ3n) is 5.65. The minimum atomic E-state index is -0.331. The molecule has 1 aliphatic rings. The lowest BCUT2D eigenvalue weighted by atomic mass is 10.2. The van der Waals surface area contributed by atoms with Crippen LogP contribution in [0.3, 0.4) is 0 Å². The van der Waals surface area contributed by atoms with Crippen molar-refractivity contribution in [1.82, 2.24) is 10.2 Å². The van der Waals surface area contributed by atoms with Crippen molar-refractivity contribution in [1.29, 1.82) is 0 Å². The molecule has 0 saturated carbocycles. The highest BCUT2D eigenvalue weighted by molar-refractivity contribution is 5.84. The van der Waals surface area contributed by atoms with Crippen LogP contribution in [0.25, 0.3) is 0 Å². The second-order valence-corrected chi connectivity index (χ2v) is 7.96. The van der Waals surface area contributed by atoms with Gasteiger partial charge in [-0.25, -0.2) is 0 Å².